The van der Waals surface area contributed by atoms with Gasteiger partial charge < -0.3 is 4.74 Å². The highest BCUT2D eigenvalue weighted by atomic mass is 79.9. The fourth-order valence-electron chi connectivity index (χ4n) is 1.19. The molecule has 0 saturated carbocycles. The minimum absolute atomic E-state index is 0.792. The highest BCUT2D eigenvalue weighted by Gasteiger charge is 2.05. The van der Waals surface area contributed by atoms with E-state index in [0.29, 0.717) is 0 Å². The summed E-state index contributed by atoms with van der Waals surface area (Å²) < 4.78 is 10.7. The van der Waals surface area contributed by atoms with Crippen molar-refractivity contribution >= 4 is 37.5 Å². The zero-order valence-corrected chi connectivity index (χ0v) is 9.48. The fraction of sp³-hybridized carbons (Fsp3) is 0.222. The normalized spacial score (nSPS) is 10.6. The Labute approximate surface area is 88.8 Å². The highest BCUT2D eigenvalue weighted by molar-refractivity contribution is 9.08. The number of halogens is 1. The molecule has 0 atom stereocenters. The number of fused-ring (bicyclic) bond motifs is 1. The number of methoxy groups -OCH3 is 1. The van der Waals surface area contributed by atoms with E-state index in [1.165, 1.54) is 21.6 Å². The fourth-order valence-corrected chi connectivity index (χ4v) is 2.56. The Morgan fingerprint density at radius 3 is 3.08 bits per heavy atom. The third-order valence-corrected chi connectivity index (χ3v) is 3.27. The topological polar surface area (TPSA) is 22.1 Å². The third kappa shape index (κ3) is 1.56. The van der Waals surface area contributed by atoms with Gasteiger partial charge in [0.1, 0.15) is 5.75 Å². The number of nitrogens with zero attached hydrogens (tertiary/aromatic N) is 1. The SMILES string of the molecule is COc1ccc2snc(CBr)c2c1. The Bertz CT molecular complexity index is 426. The third-order valence-electron chi connectivity index (χ3n) is 1.88. The molecule has 2 nitrogen and oxygen atoms in total. The van der Waals surface area contributed by atoms with Crippen LogP contribution in [0.1, 0.15) is 5.69 Å². The zero-order chi connectivity index (χ0) is 9.26. The lowest BCUT2D eigenvalue weighted by Crippen LogP contribution is -1.82. The van der Waals surface area contributed by atoms with E-state index < -0.39 is 0 Å². The van der Waals surface area contributed by atoms with Gasteiger partial charge in [-0.1, -0.05) is 15.9 Å². The van der Waals surface area contributed by atoms with E-state index in [2.05, 4.69) is 20.3 Å². The molecule has 68 valence electrons. The molecule has 1 aromatic carbocycles. The van der Waals surface area contributed by atoms with Crippen molar-refractivity contribution in [1.29, 1.82) is 0 Å². The van der Waals surface area contributed by atoms with Crippen molar-refractivity contribution in [2.75, 3.05) is 7.11 Å². The molecule has 0 radical (unpaired) electrons. The summed E-state index contributed by atoms with van der Waals surface area (Å²) >= 11 is 4.93. The molecule has 2 aromatic rings. The molecule has 0 aliphatic heterocycles. The summed E-state index contributed by atoms with van der Waals surface area (Å²) in [6.45, 7) is 0. The minimum Gasteiger partial charge on any atom is -0.497 e. The van der Waals surface area contributed by atoms with E-state index in [9.17, 15) is 0 Å². The Morgan fingerprint density at radius 1 is 1.54 bits per heavy atom. The van der Waals surface area contributed by atoms with Crippen LogP contribution in [-0.2, 0) is 5.33 Å². The van der Waals surface area contributed by atoms with Crippen molar-refractivity contribution < 1.29 is 4.74 Å². The van der Waals surface area contributed by atoms with Gasteiger partial charge in [0.15, 0.2) is 0 Å². The predicted molar refractivity (Wildman–Crippen MR) is 58.8 cm³/mol. The smallest absolute Gasteiger partial charge is 0.119 e. The van der Waals surface area contributed by atoms with Crippen LogP contribution in [0.15, 0.2) is 18.2 Å². The number of ether oxygens (including phenoxy) is 1. The van der Waals surface area contributed by atoms with Gasteiger partial charge in [-0.2, -0.15) is 4.37 Å². The van der Waals surface area contributed by atoms with E-state index in [1.54, 1.807) is 7.11 Å². The van der Waals surface area contributed by atoms with Crippen LogP contribution in [0.3, 0.4) is 0 Å². The average Bonchev–Trinajstić information content (AvgIpc) is 2.59. The standard InChI is InChI=1S/C9H8BrNOS/c1-12-6-2-3-9-7(4-6)8(5-10)11-13-9/h2-4H,5H2,1H3. The lowest BCUT2D eigenvalue weighted by molar-refractivity contribution is 0.415. The molecule has 1 aromatic heterocycles. The molecule has 2 rings (SSSR count). The Hall–Kier alpha value is -0.610. The molecule has 0 aliphatic carbocycles. The van der Waals surface area contributed by atoms with Crippen molar-refractivity contribution in [3.63, 3.8) is 0 Å². The average molecular weight is 258 g/mol. The van der Waals surface area contributed by atoms with Gasteiger partial charge in [0, 0.05) is 10.7 Å². The van der Waals surface area contributed by atoms with Gasteiger partial charge in [-0.05, 0) is 29.7 Å². The summed E-state index contributed by atoms with van der Waals surface area (Å²) in [5.74, 6) is 0.884. The Kier molecular flexibility index (Phi) is 2.51. The number of aromatic nitrogens is 1. The molecule has 0 amide bonds. The lowest BCUT2D eigenvalue weighted by atomic mass is 10.2. The van der Waals surface area contributed by atoms with Gasteiger partial charge in [0.2, 0.25) is 0 Å². The van der Waals surface area contributed by atoms with Crippen LogP contribution in [0.5, 0.6) is 5.75 Å². The molecule has 0 spiro atoms. The largest absolute Gasteiger partial charge is 0.497 e. The second-order valence-electron chi connectivity index (χ2n) is 2.62. The van der Waals surface area contributed by atoms with Crippen molar-refractivity contribution in [3.05, 3.63) is 23.9 Å². The van der Waals surface area contributed by atoms with E-state index in [1.807, 2.05) is 18.2 Å². The highest BCUT2D eigenvalue weighted by Crippen LogP contribution is 2.27. The van der Waals surface area contributed by atoms with E-state index in [0.717, 1.165) is 16.8 Å². The second kappa shape index (κ2) is 3.64. The molecule has 0 aliphatic rings. The zero-order valence-electron chi connectivity index (χ0n) is 7.08. The first-order chi connectivity index (χ1) is 6.35. The van der Waals surface area contributed by atoms with E-state index >= 15 is 0 Å². The number of alkyl halides is 1. The Balaban J connectivity index is 2.64. The summed E-state index contributed by atoms with van der Waals surface area (Å²) in [5.41, 5.74) is 1.08. The summed E-state index contributed by atoms with van der Waals surface area (Å²) in [7, 11) is 1.68. The van der Waals surface area contributed by atoms with Crippen LogP contribution in [-0.4, -0.2) is 11.5 Å². The predicted octanol–water partition coefficient (Wildman–Crippen LogP) is 3.20. The quantitative estimate of drug-likeness (QED) is 0.772. The number of rotatable bonds is 2. The van der Waals surface area contributed by atoms with Gasteiger partial charge in [-0.15, -0.1) is 0 Å². The van der Waals surface area contributed by atoms with E-state index in [4.69, 9.17) is 4.74 Å². The molecule has 0 bridgehead atoms. The van der Waals surface area contributed by atoms with E-state index in [-0.39, 0.29) is 0 Å². The maximum absolute atomic E-state index is 5.15. The first-order valence-electron chi connectivity index (χ1n) is 3.83. The van der Waals surface area contributed by atoms with Crippen molar-refractivity contribution in [2.45, 2.75) is 5.33 Å². The number of hydrogen-bond donors (Lipinski definition) is 0. The number of hydrogen-bond acceptors (Lipinski definition) is 3. The van der Waals surface area contributed by atoms with Crippen molar-refractivity contribution in [2.24, 2.45) is 0 Å². The van der Waals surface area contributed by atoms with Crippen LogP contribution in [0.25, 0.3) is 10.1 Å². The first kappa shape index (κ1) is 8.97. The molecule has 4 heteroatoms. The molecule has 13 heavy (non-hydrogen) atoms. The molecule has 0 fully saturated rings. The summed E-state index contributed by atoms with van der Waals surface area (Å²) in [5, 5.41) is 1.97. The van der Waals surface area contributed by atoms with Gasteiger partial charge in [-0.3, -0.25) is 0 Å². The second-order valence-corrected chi connectivity index (χ2v) is 3.99. The van der Waals surface area contributed by atoms with Crippen molar-refractivity contribution in [3.8, 4) is 5.75 Å². The lowest BCUT2D eigenvalue weighted by Gasteiger charge is -1.98. The van der Waals surface area contributed by atoms with Crippen LogP contribution >= 0.6 is 27.5 Å². The van der Waals surface area contributed by atoms with Gasteiger partial charge in [-0.25, -0.2) is 0 Å². The molecular formula is C9H8BrNOS. The molecule has 1 heterocycles. The summed E-state index contributed by atoms with van der Waals surface area (Å²) in [6, 6.07) is 6.02. The van der Waals surface area contributed by atoms with Crippen LogP contribution < -0.4 is 4.74 Å². The molecule has 0 N–H and O–H groups in total. The first-order valence-corrected chi connectivity index (χ1v) is 5.73. The summed E-state index contributed by atoms with van der Waals surface area (Å²) in [4.78, 5) is 0. The summed E-state index contributed by atoms with van der Waals surface area (Å²) in [6.07, 6.45) is 0. The minimum atomic E-state index is 0.792. The molecular weight excluding hydrogens is 250 g/mol. The monoisotopic (exact) mass is 257 g/mol. The maximum atomic E-state index is 5.15. The molecule has 0 unspecified atom stereocenters. The maximum Gasteiger partial charge on any atom is 0.119 e. The van der Waals surface area contributed by atoms with Crippen LogP contribution in [0.2, 0.25) is 0 Å². The van der Waals surface area contributed by atoms with Crippen LogP contribution in [0.4, 0.5) is 0 Å². The molecule has 0 saturated heterocycles. The van der Waals surface area contributed by atoms with Gasteiger partial charge in [0.25, 0.3) is 0 Å². The van der Waals surface area contributed by atoms with Crippen LogP contribution in [0, 0.1) is 0 Å². The van der Waals surface area contributed by atoms with Crippen molar-refractivity contribution in [1.82, 2.24) is 4.37 Å². The van der Waals surface area contributed by atoms with Gasteiger partial charge >= 0.3 is 0 Å². The number of benzene rings is 1. The van der Waals surface area contributed by atoms with Gasteiger partial charge in [0.05, 0.1) is 17.5 Å². The Morgan fingerprint density at radius 2 is 2.38 bits per heavy atom.